The Kier molecular flexibility index (Phi) is 4.75. The highest BCUT2D eigenvalue weighted by Gasteiger charge is 2.18. The molecule has 0 aliphatic rings. The molecule has 0 fully saturated rings. The highest BCUT2D eigenvalue weighted by atomic mass is 32.1. The van der Waals surface area contributed by atoms with Gasteiger partial charge in [-0.05, 0) is 43.5 Å². The van der Waals surface area contributed by atoms with E-state index in [1.165, 1.54) is 21.6 Å². The van der Waals surface area contributed by atoms with Crippen molar-refractivity contribution in [2.45, 2.75) is 26.4 Å². The minimum atomic E-state index is 0.306. The maximum atomic E-state index is 5.98. The van der Waals surface area contributed by atoms with Gasteiger partial charge in [0.1, 0.15) is 0 Å². The monoisotopic (exact) mass is 274 g/mol. The fourth-order valence-electron chi connectivity index (χ4n) is 2.42. The molecule has 2 rings (SSSR count). The summed E-state index contributed by atoms with van der Waals surface area (Å²) in [5.74, 6) is 0. The summed E-state index contributed by atoms with van der Waals surface area (Å²) < 4.78 is 0. The van der Waals surface area contributed by atoms with Crippen molar-refractivity contribution in [2.75, 3.05) is 13.6 Å². The number of likely N-dealkylation sites (N-methyl/N-ethyl adjacent to an activating group) is 1. The van der Waals surface area contributed by atoms with E-state index in [0.717, 1.165) is 6.54 Å². The molecule has 0 radical (unpaired) electrons. The minimum absolute atomic E-state index is 0.306. The molecular weight excluding hydrogens is 252 g/mol. The number of nitrogens with two attached hydrogens (primary N) is 1. The number of hydrogen-bond acceptors (Lipinski definition) is 3. The molecule has 2 aromatic rings. The van der Waals surface area contributed by atoms with Crippen LogP contribution < -0.4 is 5.73 Å². The molecular formula is C16H22N2S. The van der Waals surface area contributed by atoms with Crippen LogP contribution in [0.15, 0.2) is 35.7 Å². The van der Waals surface area contributed by atoms with Crippen LogP contribution in [0.4, 0.5) is 0 Å². The Balaban J connectivity index is 2.14. The van der Waals surface area contributed by atoms with Crippen molar-refractivity contribution >= 4 is 11.3 Å². The first-order valence-corrected chi connectivity index (χ1v) is 7.49. The number of thiophene rings is 1. The fourth-order valence-corrected chi connectivity index (χ4v) is 3.53. The topological polar surface area (TPSA) is 29.3 Å². The molecule has 2 nitrogen and oxygen atoms in total. The molecule has 0 saturated carbocycles. The van der Waals surface area contributed by atoms with Gasteiger partial charge in [-0.15, -0.1) is 11.3 Å². The molecule has 0 spiro atoms. The van der Waals surface area contributed by atoms with Crippen LogP contribution in [-0.4, -0.2) is 18.5 Å². The molecule has 3 heteroatoms. The van der Waals surface area contributed by atoms with Crippen molar-refractivity contribution < 1.29 is 0 Å². The van der Waals surface area contributed by atoms with Gasteiger partial charge in [-0.1, -0.05) is 29.8 Å². The summed E-state index contributed by atoms with van der Waals surface area (Å²) in [6.07, 6.45) is 0. The van der Waals surface area contributed by atoms with E-state index >= 15 is 0 Å². The quantitative estimate of drug-likeness (QED) is 0.904. The smallest absolute Gasteiger partial charge is 0.0567 e. The Labute approximate surface area is 119 Å². The molecule has 19 heavy (non-hydrogen) atoms. The highest BCUT2D eigenvalue weighted by Crippen LogP contribution is 2.28. The van der Waals surface area contributed by atoms with E-state index in [9.17, 15) is 0 Å². The SMILES string of the molecule is Cc1cccc(CN(C)C(CN)c2sccc2C)c1. The Hall–Kier alpha value is -1.16. The molecule has 0 aliphatic carbocycles. The van der Waals surface area contributed by atoms with Crippen LogP contribution in [0.5, 0.6) is 0 Å². The minimum Gasteiger partial charge on any atom is -0.329 e. The van der Waals surface area contributed by atoms with E-state index < -0.39 is 0 Å². The largest absolute Gasteiger partial charge is 0.329 e. The molecule has 2 N–H and O–H groups in total. The Morgan fingerprint density at radius 2 is 2.05 bits per heavy atom. The first-order chi connectivity index (χ1) is 9.11. The molecule has 1 aromatic heterocycles. The lowest BCUT2D eigenvalue weighted by Crippen LogP contribution is -2.30. The molecule has 0 amide bonds. The summed E-state index contributed by atoms with van der Waals surface area (Å²) in [7, 11) is 2.15. The average molecular weight is 274 g/mol. The van der Waals surface area contributed by atoms with Crippen molar-refractivity contribution in [3.8, 4) is 0 Å². The standard InChI is InChI=1S/C16H22N2S/c1-12-5-4-6-14(9-12)11-18(3)15(10-17)16-13(2)7-8-19-16/h4-9,15H,10-11,17H2,1-3H3. The van der Waals surface area contributed by atoms with Gasteiger partial charge in [0.25, 0.3) is 0 Å². The van der Waals surface area contributed by atoms with Gasteiger partial charge in [0.05, 0.1) is 6.04 Å². The summed E-state index contributed by atoms with van der Waals surface area (Å²) in [5, 5.41) is 2.15. The molecule has 102 valence electrons. The summed E-state index contributed by atoms with van der Waals surface area (Å²) >= 11 is 1.80. The zero-order chi connectivity index (χ0) is 13.8. The number of rotatable bonds is 5. The van der Waals surface area contributed by atoms with Gasteiger partial charge in [-0.25, -0.2) is 0 Å². The molecule has 1 unspecified atom stereocenters. The van der Waals surface area contributed by atoms with Gasteiger partial charge < -0.3 is 5.73 Å². The maximum absolute atomic E-state index is 5.98. The first kappa shape index (κ1) is 14.3. The highest BCUT2D eigenvalue weighted by molar-refractivity contribution is 7.10. The van der Waals surface area contributed by atoms with Crippen molar-refractivity contribution in [1.82, 2.24) is 4.90 Å². The summed E-state index contributed by atoms with van der Waals surface area (Å²) in [6.45, 7) is 5.88. The Morgan fingerprint density at radius 3 is 2.63 bits per heavy atom. The van der Waals surface area contributed by atoms with Crippen molar-refractivity contribution in [1.29, 1.82) is 0 Å². The normalized spacial score (nSPS) is 12.9. The van der Waals surface area contributed by atoms with Gasteiger partial charge in [0.15, 0.2) is 0 Å². The first-order valence-electron chi connectivity index (χ1n) is 6.61. The van der Waals surface area contributed by atoms with E-state index in [2.05, 4.69) is 61.5 Å². The summed E-state index contributed by atoms with van der Waals surface area (Å²) in [4.78, 5) is 3.73. The molecule has 0 bridgehead atoms. The third-order valence-electron chi connectivity index (χ3n) is 3.47. The van der Waals surface area contributed by atoms with Gasteiger partial charge >= 0.3 is 0 Å². The average Bonchev–Trinajstić information content (AvgIpc) is 2.77. The maximum Gasteiger partial charge on any atom is 0.0567 e. The molecule has 1 heterocycles. The molecule has 1 atom stereocenters. The Morgan fingerprint density at radius 1 is 1.26 bits per heavy atom. The van der Waals surface area contributed by atoms with Crippen LogP contribution in [-0.2, 0) is 6.54 Å². The second kappa shape index (κ2) is 6.33. The third-order valence-corrected chi connectivity index (χ3v) is 4.59. The van der Waals surface area contributed by atoms with E-state index in [1.807, 2.05) is 0 Å². The summed E-state index contributed by atoms with van der Waals surface area (Å²) in [5.41, 5.74) is 9.98. The summed E-state index contributed by atoms with van der Waals surface area (Å²) in [6, 6.07) is 11.1. The second-order valence-corrected chi connectivity index (χ2v) is 6.07. The van der Waals surface area contributed by atoms with Gasteiger partial charge in [0, 0.05) is 18.0 Å². The van der Waals surface area contributed by atoms with E-state index in [1.54, 1.807) is 11.3 Å². The van der Waals surface area contributed by atoms with E-state index in [4.69, 9.17) is 5.73 Å². The van der Waals surface area contributed by atoms with E-state index in [0.29, 0.717) is 12.6 Å². The van der Waals surface area contributed by atoms with Crippen LogP contribution >= 0.6 is 11.3 Å². The van der Waals surface area contributed by atoms with Gasteiger partial charge in [0.2, 0.25) is 0 Å². The molecule has 0 saturated heterocycles. The van der Waals surface area contributed by atoms with Crippen molar-refractivity contribution in [3.63, 3.8) is 0 Å². The van der Waals surface area contributed by atoms with Gasteiger partial charge in [-0.3, -0.25) is 4.90 Å². The Bertz CT molecular complexity index is 533. The lowest BCUT2D eigenvalue weighted by atomic mass is 10.1. The lowest BCUT2D eigenvalue weighted by molar-refractivity contribution is 0.244. The van der Waals surface area contributed by atoms with Crippen LogP contribution in [0.25, 0.3) is 0 Å². The molecule has 1 aromatic carbocycles. The van der Waals surface area contributed by atoms with Crippen LogP contribution in [0, 0.1) is 13.8 Å². The zero-order valence-corrected chi connectivity index (χ0v) is 12.7. The van der Waals surface area contributed by atoms with Crippen LogP contribution in [0.3, 0.4) is 0 Å². The fraction of sp³-hybridized carbons (Fsp3) is 0.375. The van der Waals surface area contributed by atoms with Crippen LogP contribution in [0.2, 0.25) is 0 Å². The predicted octanol–water partition coefficient (Wildman–Crippen LogP) is 3.50. The van der Waals surface area contributed by atoms with Crippen molar-refractivity contribution in [3.05, 3.63) is 57.3 Å². The predicted molar refractivity (Wildman–Crippen MR) is 83.5 cm³/mol. The third kappa shape index (κ3) is 3.44. The number of nitrogens with zero attached hydrogens (tertiary/aromatic N) is 1. The number of benzene rings is 1. The lowest BCUT2D eigenvalue weighted by Gasteiger charge is -2.27. The van der Waals surface area contributed by atoms with Crippen molar-refractivity contribution in [2.24, 2.45) is 5.73 Å². The van der Waals surface area contributed by atoms with Crippen LogP contribution in [0.1, 0.15) is 27.6 Å². The zero-order valence-electron chi connectivity index (χ0n) is 11.9. The number of hydrogen-bond donors (Lipinski definition) is 1. The van der Waals surface area contributed by atoms with E-state index in [-0.39, 0.29) is 0 Å². The molecule has 0 aliphatic heterocycles. The van der Waals surface area contributed by atoms with Gasteiger partial charge in [-0.2, -0.15) is 0 Å². The second-order valence-electron chi connectivity index (χ2n) is 5.12. The number of aryl methyl sites for hydroxylation is 2.